The van der Waals surface area contributed by atoms with Crippen LogP contribution in [-0.2, 0) is 0 Å². The first-order valence-corrected chi connectivity index (χ1v) is 6.97. The molecule has 2 nitrogen and oxygen atoms in total. The number of rotatable bonds is 8. The number of benzene rings is 1. The predicted octanol–water partition coefficient (Wildman–Crippen LogP) is 4.58. The quantitative estimate of drug-likeness (QED) is 0.679. The highest BCUT2D eigenvalue weighted by molar-refractivity contribution is 5.56. The molecule has 0 amide bonds. The van der Waals surface area contributed by atoms with Gasteiger partial charge in [0.2, 0.25) is 0 Å². The summed E-state index contributed by atoms with van der Waals surface area (Å²) < 4.78 is 0. The van der Waals surface area contributed by atoms with Crippen LogP contribution in [0.1, 0.15) is 51.5 Å². The van der Waals surface area contributed by atoms with Gasteiger partial charge in [-0.25, -0.2) is 0 Å². The lowest BCUT2D eigenvalue weighted by molar-refractivity contribution is 0.523. The summed E-state index contributed by atoms with van der Waals surface area (Å²) in [5.74, 6) is 0.825. The second-order valence-corrected chi connectivity index (χ2v) is 5.18. The smallest absolute Gasteiger partial charge is 0.101 e. The van der Waals surface area contributed by atoms with Gasteiger partial charge >= 0.3 is 0 Å². The van der Waals surface area contributed by atoms with Crippen molar-refractivity contribution in [1.82, 2.24) is 0 Å². The molecule has 2 heteroatoms. The van der Waals surface area contributed by atoms with Gasteiger partial charge in [-0.05, 0) is 24.5 Å². The molecule has 98 valence electrons. The summed E-state index contributed by atoms with van der Waals surface area (Å²) in [5.41, 5.74) is 1.69. The van der Waals surface area contributed by atoms with Crippen molar-refractivity contribution in [3.63, 3.8) is 0 Å². The fourth-order valence-corrected chi connectivity index (χ4v) is 1.99. The lowest BCUT2D eigenvalue weighted by Gasteiger charge is -2.08. The van der Waals surface area contributed by atoms with Gasteiger partial charge in [0.15, 0.2) is 0 Å². The highest BCUT2D eigenvalue weighted by Gasteiger charge is 1.99. The summed E-state index contributed by atoms with van der Waals surface area (Å²) in [4.78, 5) is 0. The minimum Gasteiger partial charge on any atom is -0.384 e. The molecule has 1 rings (SSSR count). The third kappa shape index (κ3) is 5.72. The summed E-state index contributed by atoms with van der Waals surface area (Å²) in [6.07, 6.45) is 6.45. The monoisotopic (exact) mass is 244 g/mol. The van der Waals surface area contributed by atoms with Gasteiger partial charge in [0.1, 0.15) is 6.07 Å². The van der Waals surface area contributed by atoms with Crippen molar-refractivity contribution in [2.75, 3.05) is 11.9 Å². The van der Waals surface area contributed by atoms with Crippen molar-refractivity contribution in [1.29, 1.82) is 5.26 Å². The van der Waals surface area contributed by atoms with Crippen LogP contribution in [0, 0.1) is 17.2 Å². The molecule has 1 aromatic carbocycles. The molecule has 18 heavy (non-hydrogen) atoms. The lowest BCUT2D eigenvalue weighted by atomic mass is 10.0. The maximum Gasteiger partial charge on any atom is 0.101 e. The Morgan fingerprint density at radius 3 is 2.56 bits per heavy atom. The molecule has 0 fully saturated rings. The fraction of sp³-hybridized carbons (Fsp3) is 0.562. The Hall–Kier alpha value is -1.49. The van der Waals surface area contributed by atoms with E-state index < -0.39 is 0 Å². The Morgan fingerprint density at radius 2 is 1.83 bits per heavy atom. The number of anilines is 1. The van der Waals surface area contributed by atoms with Crippen LogP contribution < -0.4 is 5.32 Å². The zero-order chi connectivity index (χ0) is 13.2. The molecule has 0 bridgehead atoms. The van der Waals surface area contributed by atoms with Crippen LogP contribution in [0.25, 0.3) is 0 Å². The number of nitrogens with one attached hydrogen (secondary N) is 1. The predicted molar refractivity (Wildman–Crippen MR) is 77.6 cm³/mol. The summed E-state index contributed by atoms with van der Waals surface area (Å²) >= 11 is 0. The van der Waals surface area contributed by atoms with E-state index in [2.05, 4.69) is 25.2 Å². The molecule has 1 aromatic rings. The molecule has 0 aromatic heterocycles. The minimum atomic E-state index is 0.734. The van der Waals surface area contributed by atoms with E-state index in [0.29, 0.717) is 0 Å². The first-order chi connectivity index (χ1) is 8.74. The molecule has 0 atom stereocenters. The molecular weight excluding hydrogens is 220 g/mol. The van der Waals surface area contributed by atoms with E-state index in [0.717, 1.165) is 23.7 Å². The number of hydrogen-bond acceptors (Lipinski definition) is 2. The highest BCUT2D eigenvalue weighted by atomic mass is 14.9. The van der Waals surface area contributed by atoms with Gasteiger partial charge in [0.25, 0.3) is 0 Å². The molecule has 0 radical (unpaired) electrons. The fourth-order valence-electron chi connectivity index (χ4n) is 1.99. The second kappa shape index (κ2) is 8.58. The number of hydrogen-bond donors (Lipinski definition) is 1. The normalized spacial score (nSPS) is 10.3. The average molecular weight is 244 g/mol. The van der Waals surface area contributed by atoms with Gasteiger partial charge in [0.05, 0.1) is 11.3 Å². The molecular formula is C16H24N2. The van der Waals surface area contributed by atoms with E-state index in [-0.39, 0.29) is 0 Å². The van der Waals surface area contributed by atoms with E-state index in [4.69, 9.17) is 5.26 Å². The third-order valence-electron chi connectivity index (χ3n) is 3.07. The molecule has 0 unspecified atom stereocenters. The van der Waals surface area contributed by atoms with Crippen LogP contribution in [0.4, 0.5) is 5.69 Å². The zero-order valence-corrected chi connectivity index (χ0v) is 11.6. The molecule has 0 spiro atoms. The molecule has 0 heterocycles. The zero-order valence-electron chi connectivity index (χ0n) is 11.6. The number of nitriles is 1. The Labute approximate surface area is 111 Å². The third-order valence-corrected chi connectivity index (χ3v) is 3.07. The Balaban J connectivity index is 2.13. The number of nitrogens with zero attached hydrogens (tertiary/aromatic N) is 1. The average Bonchev–Trinajstić information content (AvgIpc) is 2.37. The summed E-state index contributed by atoms with van der Waals surface area (Å²) in [6.45, 7) is 5.52. The molecule has 0 aliphatic heterocycles. The highest BCUT2D eigenvalue weighted by Crippen LogP contribution is 2.14. The van der Waals surface area contributed by atoms with Gasteiger partial charge in [-0.1, -0.05) is 51.7 Å². The van der Waals surface area contributed by atoms with Crippen LogP contribution in [0.3, 0.4) is 0 Å². The molecule has 0 aliphatic rings. The van der Waals surface area contributed by atoms with E-state index >= 15 is 0 Å². The largest absolute Gasteiger partial charge is 0.384 e. The Bertz CT molecular complexity index is 377. The molecule has 1 N–H and O–H groups in total. The first-order valence-electron chi connectivity index (χ1n) is 6.97. The van der Waals surface area contributed by atoms with Crippen LogP contribution in [0.2, 0.25) is 0 Å². The van der Waals surface area contributed by atoms with Crippen molar-refractivity contribution in [2.45, 2.75) is 46.0 Å². The van der Waals surface area contributed by atoms with Crippen molar-refractivity contribution < 1.29 is 0 Å². The lowest BCUT2D eigenvalue weighted by Crippen LogP contribution is -2.03. The Kier molecular flexibility index (Phi) is 6.94. The SMILES string of the molecule is CC(C)CCCCCCNc1ccccc1C#N. The van der Waals surface area contributed by atoms with Crippen LogP contribution >= 0.6 is 0 Å². The standard InChI is InChI=1S/C16H24N2/c1-14(2)9-5-3-4-8-12-18-16-11-7-6-10-15(16)13-17/h6-7,10-11,14,18H,3-5,8-9,12H2,1-2H3. The van der Waals surface area contributed by atoms with E-state index in [1.54, 1.807) is 0 Å². The van der Waals surface area contributed by atoms with Crippen LogP contribution in [-0.4, -0.2) is 6.54 Å². The maximum absolute atomic E-state index is 8.95. The summed E-state index contributed by atoms with van der Waals surface area (Å²) in [7, 11) is 0. The van der Waals surface area contributed by atoms with Gasteiger partial charge in [-0.15, -0.1) is 0 Å². The van der Waals surface area contributed by atoms with E-state index in [1.807, 2.05) is 24.3 Å². The van der Waals surface area contributed by atoms with Crippen molar-refractivity contribution >= 4 is 5.69 Å². The topological polar surface area (TPSA) is 35.8 Å². The summed E-state index contributed by atoms with van der Waals surface area (Å²) in [5, 5.41) is 12.3. The molecule has 0 aliphatic carbocycles. The number of para-hydroxylation sites is 1. The number of unbranched alkanes of at least 4 members (excludes halogenated alkanes) is 3. The Morgan fingerprint density at radius 1 is 1.11 bits per heavy atom. The minimum absolute atomic E-state index is 0.734. The van der Waals surface area contributed by atoms with Gasteiger partial charge in [-0.2, -0.15) is 5.26 Å². The van der Waals surface area contributed by atoms with Crippen LogP contribution in [0.5, 0.6) is 0 Å². The maximum atomic E-state index is 8.95. The second-order valence-electron chi connectivity index (χ2n) is 5.18. The van der Waals surface area contributed by atoms with Gasteiger partial charge in [0, 0.05) is 6.54 Å². The first kappa shape index (κ1) is 14.6. The van der Waals surface area contributed by atoms with Crippen molar-refractivity contribution in [2.24, 2.45) is 5.92 Å². The van der Waals surface area contributed by atoms with E-state index in [1.165, 1.54) is 32.1 Å². The molecule has 0 saturated carbocycles. The summed E-state index contributed by atoms with van der Waals surface area (Å²) in [6, 6.07) is 9.89. The van der Waals surface area contributed by atoms with Gasteiger partial charge < -0.3 is 5.32 Å². The van der Waals surface area contributed by atoms with E-state index in [9.17, 15) is 0 Å². The van der Waals surface area contributed by atoms with Crippen LogP contribution in [0.15, 0.2) is 24.3 Å². The molecule has 0 saturated heterocycles. The van der Waals surface area contributed by atoms with Crippen molar-refractivity contribution in [3.05, 3.63) is 29.8 Å². The van der Waals surface area contributed by atoms with Gasteiger partial charge in [-0.3, -0.25) is 0 Å². The van der Waals surface area contributed by atoms with Crippen molar-refractivity contribution in [3.8, 4) is 6.07 Å².